The molecule has 1 fully saturated rings. The van der Waals surface area contributed by atoms with E-state index in [1.807, 2.05) is 13.8 Å². The van der Waals surface area contributed by atoms with Gasteiger partial charge < -0.3 is 16.0 Å². The van der Waals surface area contributed by atoms with Crippen LogP contribution >= 0.6 is 0 Å². The minimum absolute atomic E-state index is 0.0584. The van der Waals surface area contributed by atoms with E-state index in [1.54, 1.807) is 0 Å². The van der Waals surface area contributed by atoms with Crippen LogP contribution in [-0.4, -0.2) is 45.8 Å². The fourth-order valence-electron chi connectivity index (χ4n) is 3.02. The number of halogens is 3. The first-order chi connectivity index (χ1) is 11.5. The average molecular weight is 359 g/mol. The summed E-state index contributed by atoms with van der Waals surface area (Å²) in [7, 11) is 0. The minimum atomic E-state index is -4.82. The minimum Gasteiger partial charge on any atom is -0.368 e. The molecule has 0 saturated carbocycles. The van der Waals surface area contributed by atoms with Crippen molar-refractivity contribution in [2.24, 2.45) is 11.8 Å². The molecule has 3 N–H and O–H groups in total. The second kappa shape index (κ2) is 6.85. The third-order valence-electron chi connectivity index (χ3n) is 4.20. The second-order valence-corrected chi connectivity index (χ2v) is 6.41. The summed E-state index contributed by atoms with van der Waals surface area (Å²) in [4.78, 5) is 31.9. The van der Waals surface area contributed by atoms with Gasteiger partial charge >= 0.3 is 6.18 Å². The Morgan fingerprint density at radius 2 is 2.00 bits per heavy atom. The molecule has 10 heteroatoms. The van der Waals surface area contributed by atoms with E-state index in [1.165, 1.54) is 11.8 Å². The topological polar surface area (TPSA) is 101 Å². The number of hydrogen-bond acceptors (Lipinski definition) is 5. The van der Waals surface area contributed by atoms with Crippen molar-refractivity contribution in [2.75, 3.05) is 18.8 Å². The van der Waals surface area contributed by atoms with Gasteiger partial charge in [0, 0.05) is 32.1 Å². The smallest absolute Gasteiger partial charge is 0.368 e. The Hall–Kier alpha value is -2.39. The maximum atomic E-state index is 13.2. The second-order valence-electron chi connectivity index (χ2n) is 6.41. The lowest BCUT2D eigenvalue weighted by Crippen LogP contribution is -2.41. The van der Waals surface area contributed by atoms with Crippen molar-refractivity contribution >= 4 is 17.8 Å². The Morgan fingerprint density at radius 3 is 2.52 bits per heavy atom. The van der Waals surface area contributed by atoms with Crippen LogP contribution in [0.25, 0.3) is 0 Å². The van der Waals surface area contributed by atoms with Gasteiger partial charge in [0.05, 0.1) is 11.6 Å². The number of anilines is 1. The van der Waals surface area contributed by atoms with Crippen molar-refractivity contribution in [3.05, 3.63) is 17.5 Å². The third kappa shape index (κ3) is 4.18. The SMILES string of the molecule is CC(=O)N[C@H]1CN(C(=O)c2cnc(N)nc2C(F)(F)F)C[C@@H]1C(C)C. The monoisotopic (exact) mass is 359 g/mol. The molecule has 1 aromatic heterocycles. The van der Waals surface area contributed by atoms with E-state index in [4.69, 9.17) is 5.73 Å². The van der Waals surface area contributed by atoms with Crippen LogP contribution in [0.3, 0.4) is 0 Å². The number of carbonyl (C=O) groups is 2. The zero-order chi connectivity index (χ0) is 18.9. The molecular weight excluding hydrogens is 339 g/mol. The molecule has 0 unspecified atom stereocenters. The van der Waals surface area contributed by atoms with Crippen LogP contribution < -0.4 is 11.1 Å². The van der Waals surface area contributed by atoms with Gasteiger partial charge in [-0.1, -0.05) is 13.8 Å². The van der Waals surface area contributed by atoms with E-state index in [9.17, 15) is 22.8 Å². The first-order valence-electron chi connectivity index (χ1n) is 7.76. The highest BCUT2D eigenvalue weighted by atomic mass is 19.4. The fourth-order valence-corrected chi connectivity index (χ4v) is 3.02. The summed E-state index contributed by atoms with van der Waals surface area (Å²) in [5.41, 5.74) is 3.22. The molecule has 25 heavy (non-hydrogen) atoms. The number of nitrogens with two attached hydrogens (primary N) is 1. The molecule has 7 nitrogen and oxygen atoms in total. The summed E-state index contributed by atoms with van der Waals surface area (Å²) >= 11 is 0. The normalized spacial score (nSPS) is 20.8. The zero-order valence-electron chi connectivity index (χ0n) is 14.1. The van der Waals surface area contributed by atoms with E-state index in [0.717, 1.165) is 6.20 Å². The third-order valence-corrected chi connectivity index (χ3v) is 4.20. The van der Waals surface area contributed by atoms with Gasteiger partial charge in [0.1, 0.15) is 0 Å². The van der Waals surface area contributed by atoms with E-state index >= 15 is 0 Å². The van der Waals surface area contributed by atoms with Crippen molar-refractivity contribution in [3.8, 4) is 0 Å². The number of nitrogens with zero attached hydrogens (tertiary/aromatic N) is 3. The Bertz CT molecular complexity index is 678. The number of nitrogens with one attached hydrogen (secondary N) is 1. The van der Waals surface area contributed by atoms with Crippen LogP contribution in [0.5, 0.6) is 0 Å². The highest BCUT2D eigenvalue weighted by Crippen LogP contribution is 2.32. The lowest BCUT2D eigenvalue weighted by Gasteiger charge is -2.21. The van der Waals surface area contributed by atoms with Gasteiger partial charge in [-0.2, -0.15) is 13.2 Å². The molecule has 1 aliphatic rings. The number of likely N-dealkylation sites (tertiary alicyclic amines) is 1. The standard InChI is InChI=1S/C15H20F3N5O2/c1-7(2)10-5-23(6-11(10)21-8(3)24)13(25)9-4-20-14(19)22-12(9)15(16,17)18/h4,7,10-11H,5-6H2,1-3H3,(H,21,24)(H2,19,20,22)/t10-,11+/m1/s1. The molecule has 0 spiro atoms. The van der Waals surface area contributed by atoms with Crippen LogP contribution in [0, 0.1) is 11.8 Å². The number of amides is 2. The molecule has 2 rings (SSSR count). The number of carbonyl (C=O) groups excluding carboxylic acids is 2. The summed E-state index contributed by atoms with van der Waals surface area (Å²) in [6.07, 6.45) is -4.03. The van der Waals surface area contributed by atoms with Crippen molar-refractivity contribution < 1.29 is 22.8 Å². The lowest BCUT2D eigenvalue weighted by molar-refractivity contribution is -0.141. The number of alkyl halides is 3. The molecule has 2 atom stereocenters. The molecule has 0 radical (unpaired) electrons. The predicted molar refractivity (Wildman–Crippen MR) is 83.3 cm³/mol. The molecule has 1 saturated heterocycles. The summed E-state index contributed by atoms with van der Waals surface area (Å²) in [6.45, 7) is 5.59. The molecule has 0 bridgehead atoms. The number of nitrogen functional groups attached to an aromatic ring is 1. The van der Waals surface area contributed by atoms with Crippen molar-refractivity contribution in [1.29, 1.82) is 0 Å². The average Bonchev–Trinajstić information content (AvgIpc) is 2.88. The Morgan fingerprint density at radius 1 is 1.36 bits per heavy atom. The molecule has 0 aliphatic carbocycles. The van der Waals surface area contributed by atoms with Crippen LogP contribution in [0.2, 0.25) is 0 Å². The van der Waals surface area contributed by atoms with Gasteiger partial charge in [0.2, 0.25) is 11.9 Å². The predicted octanol–water partition coefficient (Wildman–Crippen LogP) is 1.31. The van der Waals surface area contributed by atoms with Gasteiger partial charge in [0.25, 0.3) is 5.91 Å². The van der Waals surface area contributed by atoms with Crippen LogP contribution in [0.1, 0.15) is 36.8 Å². The van der Waals surface area contributed by atoms with Crippen molar-refractivity contribution in [2.45, 2.75) is 33.0 Å². The molecule has 138 valence electrons. The lowest BCUT2D eigenvalue weighted by atomic mass is 9.91. The van der Waals surface area contributed by atoms with E-state index in [2.05, 4.69) is 15.3 Å². The van der Waals surface area contributed by atoms with Crippen molar-refractivity contribution in [3.63, 3.8) is 0 Å². The molecule has 2 heterocycles. The highest BCUT2D eigenvalue weighted by Gasteiger charge is 2.42. The zero-order valence-corrected chi connectivity index (χ0v) is 14.1. The van der Waals surface area contributed by atoms with Crippen LogP contribution in [-0.2, 0) is 11.0 Å². The van der Waals surface area contributed by atoms with E-state index in [0.29, 0.717) is 0 Å². The maximum absolute atomic E-state index is 13.2. The number of hydrogen-bond donors (Lipinski definition) is 2. The van der Waals surface area contributed by atoms with Crippen LogP contribution in [0.4, 0.5) is 19.1 Å². The van der Waals surface area contributed by atoms with Crippen molar-refractivity contribution in [1.82, 2.24) is 20.2 Å². The summed E-state index contributed by atoms with van der Waals surface area (Å²) in [5.74, 6) is -1.56. The highest BCUT2D eigenvalue weighted by molar-refractivity contribution is 5.95. The van der Waals surface area contributed by atoms with Gasteiger partial charge in [-0.25, -0.2) is 9.97 Å². The number of rotatable bonds is 3. The van der Waals surface area contributed by atoms with Gasteiger partial charge in [-0.3, -0.25) is 9.59 Å². The summed E-state index contributed by atoms with van der Waals surface area (Å²) < 4.78 is 39.5. The quantitative estimate of drug-likeness (QED) is 0.847. The summed E-state index contributed by atoms with van der Waals surface area (Å²) in [6, 6.07) is -0.314. The largest absolute Gasteiger partial charge is 0.434 e. The Labute approximate surface area is 142 Å². The van der Waals surface area contributed by atoms with Gasteiger partial charge in [-0.05, 0) is 5.92 Å². The fraction of sp³-hybridized carbons (Fsp3) is 0.600. The van der Waals surface area contributed by atoms with E-state index < -0.39 is 29.3 Å². The molecule has 1 aromatic rings. The maximum Gasteiger partial charge on any atom is 0.434 e. The molecule has 1 aliphatic heterocycles. The first kappa shape index (κ1) is 18.9. The van der Waals surface area contributed by atoms with E-state index in [-0.39, 0.29) is 36.9 Å². The Kier molecular flexibility index (Phi) is 5.19. The summed E-state index contributed by atoms with van der Waals surface area (Å²) in [5, 5.41) is 2.76. The molecular formula is C15H20F3N5O2. The molecule has 2 amide bonds. The van der Waals surface area contributed by atoms with Gasteiger partial charge in [-0.15, -0.1) is 0 Å². The Balaban J connectivity index is 2.31. The van der Waals surface area contributed by atoms with Crippen LogP contribution in [0.15, 0.2) is 6.20 Å². The molecule has 0 aromatic carbocycles. The van der Waals surface area contributed by atoms with Gasteiger partial charge in [0.15, 0.2) is 5.69 Å². The number of aromatic nitrogens is 2. The first-order valence-corrected chi connectivity index (χ1v) is 7.76.